The van der Waals surface area contributed by atoms with E-state index < -0.39 is 0 Å². The Morgan fingerprint density at radius 2 is 1.22 bits per heavy atom. The van der Waals surface area contributed by atoms with Gasteiger partial charge in [0.1, 0.15) is 0 Å². The Morgan fingerprint density at radius 3 is 1.72 bits per heavy atom. The third kappa shape index (κ3) is 11.1. The van der Waals surface area contributed by atoms with Crippen molar-refractivity contribution in [3.8, 4) is 0 Å². The van der Waals surface area contributed by atoms with Crippen molar-refractivity contribution in [2.45, 2.75) is 93.4 Å². The number of unbranched alkanes of at least 4 members (excludes halogenated alkanes) is 1. The molecule has 110 valence electrons. The highest BCUT2D eigenvalue weighted by Gasteiger charge is 2.21. The monoisotopic (exact) mass is 254 g/mol. The van der Waals surface area contributed by atoms with Gasteiger partial charge < -0.3 is 0 Å². The zero-order valence-corrected chi connectivity index (χ0v) is 14.2. The Balaban J connectivity index is 3.74. The van der Waals surface area contributed by atoms with Crippen LogP contribution >= 0.6 is 0 Å². The van der Waals surface area contributed by atoms with Gasteiger partial charge in [-0.3, -0.25) is 0 Å². The number of hydrogen-bond acceptors (Lipinski definition) is 0. The molecule has 0 rings (SSSR count). The van der Waals surface area contributed by atoms with E-state index >= 15 is 0 Å². The Labute approximate surface area is 117 Å². The molecule has 0 amide bonds. The third-order valence-electron chi connectivity index (χ3n) is 4.03. The molecular formula is C18H38. The van der Waals surface area contributed by atoms with Gasteiger partial charge in [-0.1, -0.05) is 80.6 Å². The average Bonchev–Trinajstić information content (AvgIpc) is 2.21. The molecule has 0 N–H and O–H groups in total. The smallest absolute Gasteiger partial charge is 0.0352 e. The second kappa shape index (κ2) is 8.99. The van der Waals surface area contributed by atoms with Crippen LogP contribution in [-0.2, 0) is 0 Å². The molecule has 0 aromatic carbocycles. The molecule has 1 atom stereocenters. The van der Waals surface area contributed by atoms with Crippen LogP contribution in [0.5, 0.6) is 0 Å². The summed E-state index contributed by atoms with van der Waals surface area (Å²) in [6.07, 6.45) is 9.87. The predicted octanol–water partition coefficient (Wildman–Crippen LogP) is 6.69. The molecule has 0 aliphatic rings. The molecule has 0 heteroatoms. The van der Waals surface area contributed by atoms with E-state index in [4.69, 9.17) is 0 Å². The highest BCUT2D eigenvalue weighted by Crippen LogP contribution is 2.33. The first-order valence-electron chi connectivity index (χ1n) is 8.23. The van der Waals surface area contributed by atoms with Crippen molar-refractivity contribution in [1.29, 1.82) is 0 Å². The average molecular weight is 255 g/mol. The fourth-order valence-electron chi connectivity index (χ4n) is 2.87. The van der Waals surface area contributed by atoms with Gasteiger partial charge in [-0.25, -0.2) is 0 Å². The maximum absolute atomic E-state index is 2.46. The van der Waals surface area contributed by atoms with Gasteiger partial charge in [0.25, 0.3) is 0 Å². The lowest BCUT2D eigenvalue weighted by Crippen LogP contribution is -2.16. The molecule has 0 bridgehead atoms. The van der Waals surface area contributed by atoms with E-state index in [9.17, 15) is 0 Å². The van der Waals surface area contributed by atoms with Gasteiger partial charge in [0.2, 0.25) is 0 Å². The van der Waals surface area contributed by atoms with E-state index in [1.165, 1.54) is 44.9 Å². The standard InChI is InChI=1S/C18H38/c1-15(2)10-8-9-11-17(5)14-18(6,7)13-12-16(3)4/h15-17H,8-14H2,1-7H3. The molecule has 0 saturated heterocycles. The van der Waals surface area contributed by atoms with Crippen molar-refractivity contribution in [3.63, 3.8) is 0 Å². The minimum absolute atomic E-state index is 0.543. The molecular weight excluding hydrogens is 216 g/mol. The summed E-state index contributed by atoms with van der Waals surface area (Å²) in [5.74, 6) is 2.63. The highest BCUT2D eigenvalue weighted by atomic mass is 14.3. The van der Waals surface area contributed by atoms with E-state index in [2.05, 4.69) is 48.5 Å². The molecule has 18 heavy (non-hydrogen) atoms. The second-order valence-corrected chi connectivity index (χ2v) is 8.08. The third-order valence-corrected chi connectivity index (χ3v) is 4.03. The summed E-state index contributed by atoms with van der Waals surface area (Å²) in [7, 11) is 0. The molecule has 0 aromatic heterocycles. The van der Waals surface area contributed by atoms with Gasteiger partial charge in [0, 0.05) is 0 Å². The van der Waals surface area contributed by atoms with Crippen molar-refractivity contribution < 1.29 is 0 Å². The lowest BCUT2D eigenvalue weighted by Gasteiger charge is -2.29. The van der Waals surface area contributed by atoms with Gasteiger partial charge in [-0.15, -0.1) is 0 Å². The van der Waals surface area contributed by atoms with Crippen LogP contribution in [-0.4, -0.2) is 0 Å². The first kappa shape index (κ1) is 18.0. The molecule has 0 spiro atoms. The van der Waals surface area contributed by atoms with Crippen LogP contribution < -0.4 is 0 Å². The molecule has 0 heterocycles. The predicted molar refractivity (Wildman–Crippen MR) is 84.9 cm³/mol. The Hall–Kier alpha value is 0. The fourth-order valence-corrected chi connectivity index (χ4v) is 2.87. The highest BCUT2D eigenvalue weighted by molar-refractivity contribution is 4.72. The second-order valence-electron chi connectivity index (χ2n) is 8.08. The topological polar surface area (TPSA) is 0 Å². The Bertz CT molecular complexity index is 188. The largest absolute Gasteiger partial charge is 0.0628 e. The van der Waals surface area contributed by atoms with E-state index in [-0.39, 0.29) is 0 Å². The Morgan fingerprint density at radius 1 is 0.722 bits per heavy atom. The zero-order valence-electron chi connectivity index (χ0n) is 14.2. The van der Waals surface area contributed by atoms with Crippen molar-refractivity contribution >= 4 is 0 Å². The van der Waals surface area contributed by atoms with Crippen LogP contribution in [0, 0.1) is 23.2 Å². The lowest BCUT2D eigenvalue weighted by molar-refractivity contribution is 0.230. The SMILES string of the molecule is CC(C)CCCCC(C)CC(C)(C)CCC(C)C. The van der Waals surface area contributed by atoms with Crippen LogP contribution in [0.15, 0.2) is 0 Å². The Kier molecular flexibility index (Phi) is 8.99. The fraction of sp³-hybridized carbons (Fsp3) is 1.00. The molecule has 0 saturated carbocycles. The maximum atomic E-state index is 2.46. The molecule has 0 aliphatic heterocycles. The molecule has 0 nitrogen and oxygen atoms in total. The number of rotatable bonds is 10. The van der Waals surface area contributed by atoms with Crippen molar-refractivity contribution in [1.82, 2.24) is 0 Å². The lowest BCUT2D eigenvalue weighted by atomic mass is 9.77. The first-order valence-corrected chi connectivity index (χ1v) is 8.23. The molecule has 0 aliphatic carbocycles. The van der Waals surface area contributed by atoms with E-state index in [1.807, 2.05) is 0 Å². The van der Waals surface area contributed by atoms with Gasteiger partial charge >= 0.3 is 0 Å². The van der Waals surface area contributed by atoms with Crippen molar-refractivity contribution in [2.24, 2.45) is 23.2 Å². The summed E-state index contributed by atoms with van der Waals surface area (Å²) in [6.45, 7) is 16.7. The van der Waals surface area contributed by atoms with Gasteiger partial charge in [0.05, 0.1) is 0 Å². The van der Waals surface area contributed by atoms with Gasteiger partial charge in [0.15, 0.2) is 0 Å². The molecule has 1 unspecified atom stereocenters. The summed E-state index contributed by atoms with van der Waals surface area (Å²) in [5, 5.41) is 0. The minimum atomic E-state index is 0.543. The summed E-state index contributed by atoms with van der Waals surface area (Å²) < 4.78 is 0. The van der Waals surface area contributed by atoms with Crippen LogP contribution in [0.4, 0.5) is 0 Å². The first-order chi connectivity index (χ1) is 8.23. The summed E-state index contributed by atoms with van der Waals surface area (Å²) in [4.78, 5) is 0. The van der Waals surface area contributed by atoms with Crippen molar-refractivity contribution in [2.75, 3.05) is 0 Å². The van der Waals surface area contributed by atoms with Crippen molar-refractivity contribution in [3.05, 3.63) is 0 Å². The molecule has 0 fully saturated rings. The molecule has 0 aromatic rings. The van der Waals surface area contributed by atoms with Gasteiger partial charge in [-0.05, 0) is 36.0 Å². The van der Waals surface area contributed by atoms with E-state index in [1.54, 1.807) is 0 Å². The molecule has 0 radical (unpaired) electrons. The van der Waals surface area contributed by atoms with Gasteiger partial charge in [-0.2, -0.15) is 0 Å². The van der Waals surface area contributed by atoms with Crippen LogP contribution in [0.2, 0.25) is 0 Å². The minimum Gasteiger partial charge on any atom is -0.0628 e. The van der Waals surface area contributed by atoms with E-state index in [0.29, 0.717) is 5.41 Å². The summed E-state index contributed by atoms with van der Waals surface area (Å²) in [6, 6.07) is 0. The van der Waals surface area contributed by atoms with Crippen LogP contribution in [0.3, 0.4) is 0 Å². The normalized spacial score (nSPS) is 14.5. The van der Waals surface area contributed by atoms with Crippen LogP contribution in [0.25, 0.3) is 0 Å². The van der Waals surface area contributed by atoms with Crippen LogP contribution in [0.1, 0.15) is 93.4 Å². The zero-order chi connectivity index (χ0) is 14.2. The summed E-state index contributed by atoms with van der Waals surface area (Å²) >= 11 is 0. The quantitative estimate of drug-likeness (QED) is 0.381. The van der Waals surface area contributed by atoms with E-state index in [0.717, 1.165) is 17.8 Å². The maximum Gasteiger partial charge on any atom is -0.0352 e. The number of hydrogen-bond donors (Lipinski definition) is 0. The summed E-state index contributed by atoms with van der Waals surface area (Å²) in [5.41, 5.74) is 0.543.